The van der Waals surface area contributed by atoms with Crippen LogP contribution in [0.3, 0.4) is 0 Å². The fraction of sp³-hybridized carbons (Fsp3) is 0.750. The average molecular weight is 435 g/mol. The first-order valence-electron chi connectivity index (χ1n) is 8.30. The number of hydrogen-bond acceptors (Lipinski definition) is 3. The summed E-state index contributed by atoms with van der Waals surface area (Å²) >= 11 is 0. The van der Waals surface area contributed by atoms with Crippen LogP contribution in [-0.4, -0.2) is 28.9 Å². The van der Waals surface area contributed by atoms with E-state index in [1.165, 1.54) is 38.5 Å². The molecule has 1 heterocycles. The van der Waals surface area contributed by atoms with E-state index >= 15 is 0 Å². The molecule has 1 fully saturated rings. The van der Waals surface area contributed by atoms with Crippen molar-refractivity contribution in [3.8, 4) is 5.88 Å². The zero-order valence-electron chi connectivity index (χ0n) is 14.5. The molecule has 0 atom stereocenters. The molecule has 0 spiro atoms. The summed E-state index contributed by atoms with van der Waals surface area (Å²) in [6, 6.07) is 0.465. The van der Waals surface area contributed by atoms with E-state index < -0.39 is 0 Å². The lowest BCUT2D eigenvalue weighted by Crippen LogP contribution is -2.39. The minimum atomic E-state index is 0. The van der Waals surface area contributed by atoms with Gasteiger partial charge in [-0.2, -0.15) is 5.10 Å². The van der Waals surface area contributed by atoms with Crippen molar-refractivity contribution >= 4 is 29.9 Å². The second-order valence-corrected chi connectivity index (χ2v) is 5.95. The first-order chi connectivity index (χ1) is 10.7. The standard InChI is InChI=1S/C16H29N5O.HI/c1-4-14-13(15(22-3)21(2)20-14)11-18-16(17)19-12-9-7-5-6-8-10-12;/h12H,4-11H2,1-3H3,(H3,17,18,19);1H. The van der Waals surface area contributed by atoms with E-state index in [0.717, 1.165) is 23.6 Å². The highest BCUT2D eigenvalue weighted by molar-refractivity contribution is 14.0. The highest BCUT2D eigenvalue weighted by Crippen LogP contribution is 2.23. The molecule has 1 aromatic heterocycles. The maximum atomic E-state index is 6.06. The summed E-state index contributed by atoms with van der Waals surface area (Å²) in [7, 11) is 3.55. The Balaban J connectivity index is 0.00000264. The third kappa shape index (κ3) is 5.54. The summed E-state index contributed by atoms with van der Waals surface area (Å²) in [6.07, 6.45) is 8.46. The van der Waals surface area contributed by atoms with Crippen molar-refractivity contribution in [1.82, 2.24) is 15.1 Å². The van der Waals surface area contributed by atoms with Crippen molar-refractivity contribution < 1.29 is 4.74 Å². The Kier molecular flexibility index (Phi) is 8.72. The predicted molar refractivity (Wildman–Crippen MR) is 105 cm³/mol. The Hall–Kier alpha value is -0.990. The zero-order chi connectivity index (χ0) is 15.9. The van der Waals surface area contributed by atoms with Crippen LogP contribution in [0.2, 0.25) is 0 Å². The normalized spacial score (nSPS) is 16.6. The number of nitrogens with zero attached hydrogens (tertiary/aromatic N) is 3. The molecule has 0 amide bonds. The first kappa shape index (κ1) is 20.1. The van der Waals surface area contributed by atoms with Gasteiger partial charge in [0.2, 0.25) is 5.88 Å². The molecule has 0 saturated heterocycles. The molecule has 7 heteroatoms. The molecule has 1 aliphatic rings. The van der Waals surface area contributed by atoms with Crippen molar-refractivity contribution in [3.05, 3.63) is 11.3 Å². The van der Waals surface area contributed by atoms with E-state index in [2.05, 4.69) is 22.3 Å². The molecule has 6 nitrogen and oxygen atoms in total. The molecule has 0 bridgehead atoms. The lowest BCUT2D eigenvalue weighted by Gasteiger charge is -2.16. The van der Waals surface area contributed by atoms with Crippen molar-refractivity contribution in [2.24, 2.45) is 17.8 Å². The van der Waals surface area contributed by atoms with Crippen LogP contribution in [-0.2, 0) is 20.0 Å². The molecule has 3 N–H and O–H groups in total. The van der Waals surface area contributed by atoms with Crippen LogP contribution in [0.15, 0.2) is 4.99 Å². The van der Waals surface area contributed by atoms with E-state index in [9.17, 15) is 0 Å². The summed E-state index contributed by atoms with van der Waals surface area (Å²) in [6.45, 7) is 2.59. The van der Waals surface area contributed by atoms with Gasteiger partial charge in [0.1, 0.15) is 0 Å². The fourth-order valence-electron chi connectivity index (χ4n) is 3.15. The molecule has 0 aromatic carbocycles. The van der Waals surface area contributed by atoms with Gasteiger partial charge < -0.3 is 15.8 Å². The predicted octanol–water partition coefficient (Wildman–Crippen LogP) is 2.74. The molecule has 2 rings (SSSR count). The van der Waals surface area contributed by atoms with Gasteiger partial charge in [0.05, 0.1) is 24.9 Å². The summed E-state index contributed by atoms with van der Waals surface area (Å²) in [4.78, 5) is 4.50. The smallest absolute Gasteiger partial charge is 0.216 e. The summed E-state index contributed by atoms with van der Waals surface area (Å²) < 4.78 is 7.19. The minimum absolute atomic E-state index is 0. The summed E-state index contributed by atoms with van der Waals surface area (Å²) in [5.41, 5.74) is 8.11. The number of nitrogens with two attached hydrogens (primary N) is 1. The molecule has 1 aliphatic carbocycles. The van der Waals surface area contributed by atoms with Gasteiger partial charge in [-0.15, -0.1) is 24.0 Å². The zero-order valence-corrected chi connectivity index (χ0v) is 16.8. The number of hydrogen-bond donors (Lipinski definition) is 2. The van der Waals surface area contributed by atoms with Gasteiger partial charge in [-0.05, 0) is 19.3 Å². The van der Waals surface area contributed by atoms with E-state index in [1.807, 2.05) is 7.05 Å². The van der Waals surface area contributed by atoms with E-state index in [1.54, 1.807) is 11.8 Å². The van der Waals surface area contributed by atoms with Gasteiger partial charge in [-0.25, -0.2) is 9.67 Å². The molecule has 1 aromatic rings. The van der Waals surface area contributed by atoms with Crippen LogP contribution < -0.4 is 15.8 Å². The SMILES string of the molecule is CCc1nn(C)c(OC)c1CN=C(N)NC1CCCCCC1.I. The molecular weight excluding hydrogens is 405 g/mol. The fourth-order valence-corrected chi connectivity index (χ4v) is 3.15. The maximum Gasteiger partial charge on any atom is 0.216 e. The largest absolute Gasteiger partial charge is 0.481 e. The number of nitrogens with one attached hydrogen (secondary N) is 1. The van der Waals surface area contributed by atoms with Crippen LogP contribution >= 0.6 is 24.0 Å². The minimum Gasteiger partial charge on any atom is -0.481 e. The molecule has 0 unspecified atom stereocenters. The number of methoxy groups -OCH3 is 1. The van der Waals surface area contributed by atoms with Crippen molar-refractivity contribution in [2.75, 3.05) is 7.11 Å². The highest BCUT2D eigenvalue weighted by Gasteiger charge is 2.16. The number of aliphatic imine (C=N–C) groups is 1. The topological polar surface area (TPSA) is 77.5 Å². The molecular formula is C16H30IN5O. The Morgan fingerprint density at radius 3 is 2.57 bits per heavy atom. The van der Waals surface area contributed by atoms with E-state index in [4.69, 9.17) is 10.5 Å². The van der Waals surface area contributed by atoms with E-state index in [-0.39, 0.29) is 24.0 Å². The number of ether oxygens (including phenoxy) is 1. The van der Waals surface area contributed by atoms with E-state index in [0.29, 0.717) is 18.5 Å². The van der Waals surface area contributed by atoms with Crippen LogP contribution in [0.5, 0.6) is 5.88 Å². The van der Waals surface area contributed by atoms with Crippen molar-refractivity contribution in [2.45, 2.75) is 64.5 Å². The van der Waals surface area contributed by atoms with Crippen molar-refractivity contribution in [3.63, 3.8) is 0 Å². The second kappa shape index (κ2) is 10.00. The number of halogens is 1. The Morgan fingerprint density at radius 2 is 2.00 bits per heavy atom. The summed E-state index contributed by atoms with van der Waals surface area (Å²) in [5, 5.41) is 7.84. The first-order valence-corrected chi connectivity index (χ1v) is 8.30. The van der Waals surface area contributed by atoms with Gasteiger partial charge in [0, 0.05) is 13.1 Å². The number of guanidine groups is 1. The monoisotopic (exact) mass is 435 g/mol. The van der Waals surface area contributed by atoms with Crippen LogP contribution in [0.25, 0.3) is 0 Å². The molecule has 1 saturated carbocycles. The lowest BCUT2D eigenvalue weighted by atomic mass is 10.1. The second-order valence-electron chi connectivity index (χ2n) is 5.95. The molecule has 23 heavy (non-hydrogen) atoms. The van der Waals surface area contributed by atoms with Gasteiger partial charge in [0.15, 0.2) is 5.96 Å². The molecule has 132 valence electrons. The summed E-state index contributed by atoms with van der Waals surface area (Å²) in [5.74, 6) is 1.29. The average Bonchev–Trinajstić information content (AvgIpc) is 2.66. The Labute approximate surface area is 156 Å². The number of rotatable bonds is 5. The molecule has 0 radical (unpaired) electrons. The van der Waals surface area contributed by atoms with Crippen LogP contribution in [0, 0.1) is 0 Å². The third-order valence-electron chi connectivity index (χ3n) is 4.31. The van der Waals surface area contributed by atoms with Gasteiger partial charge in [-0.3, -0.25) is 0 Å². The third-order valence-corrected chi connectivity index (χ3v) is 4.31. The maximum absolute atomic E-state index is 6.06. The lowest BCUT2D eigenvalue weighted by molar-refractivity contribution is 0.369. The van der Waals surface area contributed by atoms with Gasteiger partial charge >= 0.3 is 0 Å². The van der Waals surface area contributed by atoms with Crippen LogP contribution in [0.1, 0.15) is 56.7 Å². The van der Waals surface area contributed by atoms with Crippen molar-refractivity contribution in [1.29, 1.82) is 0 Å². The quantitative estimate of drug-likeness (QED) is 0.323. The Bertz CT molecular complexity index is 507. The number of aromatic nitrogens is 2. The van der Waals surface area contributed by atoms with Gasteiger partial charge in [0.25, 0.3) is 0 Å². The van der Waals surface area contributed by atoms with Gasteiger partial charge in [-0.1, -0.05) is 32.6 Å². The molecule has 0 aliphatic heterocycles. The highest BCUT2D eigenvalue weighted by atomic mass is 127. The van der Waals surface area contributed by atoms with Crippen LogP contribution in [0.4, 0.5) is 0 Å². The Morgan fingerprint density at radius 1 is 1.35 bits per heavy atom. The number of aryl methyl sites for hydroxylation is 2.